The van der Waals surface area contributed by atoms with Crippen molar-refractivity contribution in [3.8, 4) is 5.75 Å². The van der Waals surface area contributed by atoms with Crippen LogP contribution in [0.4, 0.5) is 5.82 Å². The molecule has 0 atom stereocenters. The topological polar surface area (TPSA) is 90.5 Å². The van der Waals surface area contributed by atoms with Crippen LogP contribution in [0.25, 0.3) is 0 Å². The van der Waals surface area contributed by atoms with Gasteiger partial charge < -0.3 is 19.8 Å². The smallest absolute Gasteiger partial charge is 0.389 e. The molecule has 0 N–H and O–H groups in total. The van der Waals surface area contributed by atoms with E-state index in [0.29, 0.717) is 13.2 Å². The SMILES string of the molecule is CC.CC.CC.Cc1ccc(OCCN(C)C(=O)Cn2ccc([N+](=O)[O-])n2)cc1. The maximum Gasteiger partial charge on any atom is 0.389 e. The summed E-state index contributed by atoms with van der Waals surface area (Å²) in [7, 11) is 1.65. The maximum absolute atomic E-state index is 12.0. The van der Waals surface area contributed by atoms with E-state index in [9.17, 15) is 14.9 Å². The minimum atomic E-state index is -0.597. The second-order valence-electron chi connectivity index (χ2n) is 5.11. The lowest BCUT2D eigenvalue weighted by Gasteiger charge is -2.16. The zero-order valence-corrected chi connectivity index (χ0v) is 19.0. The van der Waals surface area contributed by atoms with E-state index >= 15 is 0 Å². The van der Waals surface area contributed by atoms with Crippen molar-refractivity contribution in [1.29, 1.82) is 0 Å². The lowest BCUT2D eigenvalue weighted by atomic mass is 10.2. The molecule has 0 saturated carbocycles. The molecule has 0 aliphatic rings. The van der Waals surface area contributed by atoms with Crippen molar-refractivity contribution in [3.63, 3.8) is 0 Å². The first-order valence-electron chi connectivity index (χ1n) is 10.1. The van der Waals surface area contributed by atoms with Gasteiger partial charge in [0.1, 0.15) is 18.9 Å². The number of rotatable bonds is 7. The van der Waals surface area contributed by atoms with E-state index in [-0.39, 0.29) is 18.3 Å². The highest BCUT2D eigenvalue weighted by Gasteiger charge is 2.15. The Balaban J connectivity index is 0. The Morgan fingerprint density at radius 2 is 1.66 bits per heavy atom. The fourth-order valence-corrected chi connectivity index (χ4v) is 1.86. The molecular formula is C21H36N4O4. The maximum atomic E-state index is 12.0. The van der Waals surface area contributed by atoms with Crippen LogP contribution in [0.3, 0.4) is 0 Å². The molecule has 0 spiro atoms. The average molecular weight is 409 g/mol. The summed E-state index contributed by atoms with van der Waals surface area (Å²) in [5.74, 6) is 0.276. The molecule has 0 aliphatic heterocycles. The van der Waals surface area contributed by atoms with Crippen LogP contribution in [-0.2, 0) is 11.3 Å². The molecule has 0 bridgehead atoms. The fourth-order valence-electron chi connectivity index (χ4n) is 1.86. The van der Waals surface area contributed by atoms with Gasteiger partial charge in [0.15, 0.2) is 0 Å². The van der Waals surface area contributed by atoms with Gasteiger partial charge in [0.25, 0.3) is 0 Å². The predicted octanol–water partition coefficient (Wildman–Crippen LogP) is 4.72. The molecule has 1 aromatic heterocycles. The largest absolute Gasteiger partial charge is 0.492 e. The first kappa shape index (κ1) is 28.3. The van der Waals surface area contributed by atoms with Crippen LogP contribution in [0.5, 0.6) is 5.75 Å². The van der Waals surface area contributed by atoms with E-state index < -0.39 is 4.92 Å². The second kappa shape index (κ2) is 17.2. The number of ether oxygens (including phenoxy) is 1. The first-order valence-corrected chi connectivity index (χ1v) is 10.1. The summed E-state index contributed by atoms with van der Waals surface area (Å²) in [5.41, 5.74) is 1.15. The summed E-state index contributed by atoms with van der Waals surface area (Å²) in [6, 6.07) is 8.91. The van der Waals surface area contributed by atoms with E-state index in [1.54, 1.807) is 7.05 Å². The highest BCUT2D eigenvalue weighted by molar-refractivity contribution is 5.75. The lowest BCUT2D eigenvalue weighted by Crippen LogP contribution is -2.33. The number of benzene rings is 1. The van der Waals surface area contributed by atoms with E-state index in [1.807, 2.05) is 72.7 Å². The molecule has 0 fully saturated rings. The van der Waals surface area contributed by atoms with E-state index in [4.69, 9.17) is 4.74 Å². The standard InChI is InChI=1S/C15H18N4O4.3C2H6/c1-12-3-5-13(6-4-12)23-10-9-17(2)15(20)11-18-8-7-14(16-18)19(21)22;3*1-2/h3-8H,9-11H2,1-2H3;3*1-2H3. The minimum Gasteiger partial charge on any atom is -0.492 e. The zero-order chi connectivity index (χ0) is 22.8. The third-order valence-electron chi connectivity index (χ3n) is 3.25. The normalized spacial score (nSPS) is 8.83. The van der Waals surface area contributed by atoms with Crippen molar-refractivity contribution < 1.29 is 14.5 Å². The van der Waals surface area contributed by atoms with Gasteiger partial charge in [0.2, 0.25) is 5.91 Å². The van der Waals surface area contributed by atoms with Crippen LogP contribution in [-0.4, -0.2) is 45.7 Å². The summed E-state index contributed by atoms with van der Waals surface area (Å²) < 4.78 is 6.81. The summed E-state index contributed by atoms with van der Waals surface area (Å²) in [6.45, 7) is 14.7. The van der Waals surface area contributed by atoms with Gasteiger partial charge in [-0.3, -0.25) is 4.79 Å². The number of likely N-dealkylation sites (N-methyl/N-ethyl adjacent to an activating group) is 1. The lowest BCUT2D eigenvalue weighted by molar-refractivity contribution is -0.389. The number of amides is 1. The molecular weight excluding hydrogens is 372 g/mol. The Morgan fingerprint density at radius 1 is 1.10 bits per heavy atom. The third kappa shape index (κ3) is 11.5. The molecule has 1 amide bonds. The van der Waals surface area contributed by atoms with Gasteiger partial charge in [-0.05, 0) is 24.0 Å². The number of aryl methyl sites for hydroxylation is 1. The number of carbonyl (C=O) groups excluding carboxylic acids is 1. The Morgan fingerprint density at radius 3 is 2.14 bits per heavy atom. The van der Waals surface area contributed by atoms with Crippen molar-refractivity contribution in [2.45, 2.75) is 55.0 Å². The van der Waals surface area contributed by atoms with E-state index in [2.05, 4.69) is 5.10 Å². The molecule has 0 saturated heterocycles. The molecule has 2 rings (SSSR count). The number of nitro groups is 1. The van der Waals surface area contributed by atoms with Crippen LogP contribution in [0, 0.1) is 17.0 Å². The molecule has 0 aliphatic carbocycles. The molecule has 1 heterocycles. The number of hydrogen-bond acceptors (Lipinski definition) is 5. The van der Waals surface area contributed by atoms with Crippen LogP contribution in [0.1, 0.15) is 47.1 Å². The highest BCUT2D eigenvalue weighted by atomic mass is 16.6. The van der Waals surface area contributed by atoms with Gasteiger partial charge in [-0.1, -0.05) is 59.2 Å². The predicted molar refractivity (Wildman–Crippen MR) is 117 cm³/mol. The Bertz CT molecular complexity index is 684. The Kier molecular flexibility index (Phi) is 16.8. The highest BCUT2D eigenvalue weighted by Crippen LogP contribution is 2.11. The van der Waals surface area contributed by atoms with Gasteiger partial charge >= 0.3 is 5.82 Å². The van der Waals surface area contributed by atoms with Gasteiger partial charge in [-0.25, -0.2) is 0 Å². The summed E-state index contributed by atoms with van der Waals surface area (Å²) in [5, 5.41) is 14.3. The van der Waals surface area contributed by atoms with Gasteiger partial charge in [0, 0.05) is 7.05 Å². The quantitative estimate of drug-likeness (QED) is 0.488. The second-order valence-corrected chi connectivity index (χ2v) is 5.11. The fraction of sp³-hybridized carbons (Fsp3) is 0.524. The van der Waals surface area contributed by atoms with Crippen molar-refractivity contribution in [1.82, 2.24) is 14.7 Å². The van der Waals surface area contributed by atoms with Gasteiger partial charge in [-0.2, -0.15) is 4.68 Å². The van der Waals surface area contributed by atoms with Crippen LogP contribution >= 0.6 is 0 Å². The third-order valence-corrected chi connectivity index (χ3v) is 3.25. The summed E-state index contributed by atoms with van der Waals surface area (Å²) >= 11 is 0. The minimum absolute atomic E-state index is 0.0468. The number of aromatic nitrogens is 2. The van der Waals surface area contributed by atoms with Crippen molar-refractivity contribution in [2.75, 3.05) is 20.2 Å². The number of nitrogens with zero attached hydrogens (tertiary/aromatic N) is 4. The van der Waals surface area contributed by atoms with Crippen molar-refractivity contribution in [3.05, 3.63) is 52.2 Å². The Hall–Kier alpha value is -2.90. The molecule has 2 aromatic rings. The summed E-state index contributed by atoms with van der Waals surface area (Å²) in [6.07, 6.45) is 1.41. The van der Waals surface area contributed by atoms with E-state index in [0.717, 1.165) is 11.3 Å². The monoisotopic (exact) mass is 408 g/mol. The average Bonchev–Trinajstić information content (AvgIpc) is 3.22. The molecule has 8 heteroatoms. The molecule has 164 valence electrons. The molecule has 0 radical (unpaired) electrons. The zero-order valence-electron chi connectivity index (χ0n) is 19.0. The molecule has 1 aromatic carbocycles. The van der Waals surface area contributed by atoms with Crippen LogP contribution in [0.2, 0.25) is 0 Å². The molecule has 8 nitrogen and oxygen atoms in total. The van der Waals surface area contributed by atoms with E-state index in [1.165, 1.54) is 21.8 Å². The Labute approximate surface area is 174 Å². The number of carbonyl (C=O) groups is 1. The van der Waals surface area contributed by atoms with Gasteiger partial charge in [0.05, 0.1) is 23.9 Å². The van der Waals surface area contributed by atoms with Crippen molar-refractivity contribution >= 4 is 11.7 Å². The van der Waals surface area contributed by atoms with Crippen molar-refractivity contribution in [2.24, 2.45) is 0 Å². The van der Waals surface area contributed by atoms with Crippen LogP contribution < -0.4 is 4.74 Å². The molecule has 0 unspecified atom stereocenters. The van der Waals surface area contributed by atoms with Gasteiger partial charge in [-0.15, -0.1) is 0 Å². The van der Waals surface area contributed by atoms with Crippen LogP contribution in [0.15, 0.2) is 36.5 Å². The number of hydrogen-bond donors (Lipinski definition) is 0. The molecule has 29 heavy (non-hydrogen) atoms. The summed E-state index contributed by atoms with van der Waals surface area (Å²) in [4.78, 5) is 23.5. The first-order chi connectivity index (χ1) is 14.0.